The van der Waals surface area contributed by atoms with Crippen molar-refractivity contribution in [3.63, 3.8) is 0 Å². The molecule has 1 saturated carbocycles. The maximum Gasteiger partial charge on any atom is 0.223 e. The average Bonchev–Trinajstić information content (AvgIpc) is 3.14. The van der Waals surface area contributed by atoms with Gasteiger partial charge in [0.15, 0.2) is 0 Å². The van der Waals surface area contributed by atoms with Crippen molar-refractivity contribution in [2.75, 3.05) is 6.54 Å². The zero-order valence-corrected chi connectivity index (χ0v) is 9.83. The lowest BCUT2D eigenvalue weighted by atomic mass is 10.1. The molecule has 1 atom stereocenters. The van der Waals surface area contributed by atoms with Crippen molar-refractivity contribution < 1.29 is 18.7 Å². The molecular weight excluding hydrogens is 240 g/mol. The number of rotatable bonds is 5. The Labute approximate surface area is 104 Å². The Morgan fingerprint density at radius 3 is 2.78 bits per heavy atom. The fraction of sp³-hybridized carbons (Fsp3) is 0.462. The van der Waals surface area contributed by atoms with Gasteiger partial charge in [-0.25, -0.2) is 8.78 Å². The second-order valence-corrected chi connectivity index (χ2v) is 4.61. The van der Waals surface area contributed by atoms with Crippen LogP contribution >= 0.6 is 0 Å². The first-order chi connectivity index (χ1) is 8.56. The summed E-state index contributed by atoms with van der Waals surface area (Å²) in [4.78, 5) is 11.3. The number of benzene rings is 1. The number of nitrogens with one attached hydrogen (secondary N) is 1. The highest BCUT2D eigenvalue weighted by Gasteiger charge is 2.29. The normalized spacial score (nSPS) is 16.4. The van der Waals surface area contributed by atoms with E-state index in [0.717, 1.165) is 25.0 Å². The molecule has 1 aliphatic carbocycles. The second kappa shape index (κ2) is 5.44. The molecule has 5 heteroatoms. The summed E-state index contributed by atoms with van der Waals surface area (Å²) in [5.74, 6) is -1.30. The zero-order chi connectivity index (χ0) is 13.1. The number of aliphatic hydroxyl groups is 1. The molecule has 0 heterocycles. The molecule has 1 aromatic rings. The molecule has 1 amide bonds. The van der Waals surface area contributed by atoms with E-state index in [0.29, 0.717) is 0 Å². The van der Waals surface area contributed by atoms with E-state index in [1.165, 1.54) is 6.07 Å². The number of carbonyl (C=O) groups excluding carboxylic acids is 1. The molecule has 1 unspecified atom stereocenters. The average molecular weight is 255 g/mol. The minimum absolute atomic E-state index is 0.0526. The SMILES string of the molecule is O=C(NCC(O)Cc1ccc(F)cc1F)C1CC1. The van der Waals surface area contributed by atoms with E-state index in [-0.39, 0.29) is 30.4 Å². The van der Waals surface area contributed by atoms with Crippen LogP contribution in [0.2, 0.25) is 0 Å². The molecule has 18 heavy (non-hydrogen) atoms. The number of aliphatic hydroxyl groups excluding tert-OH is 1. The Balaban J connectivity index is 1.82. The van der Waals surface area contributed by atoms with Gasteiger partial charge in [0.25, 0.3) is 0 Å². The van der Waals surface area contributed by atoms with Gasteiger partial charge in [-0.1, -0.05) is 6.07 Å². The van der Waals surface area contributed by atoms with Gasteiger partial charge >= 0.3 is 0 Å². The third-order valence-electron chi connectivity index (χ3n) is 2.93. The van der Waals surface area contributed by atoms with Crippen LogP contribution in [-0.4, -0.2) is 23.7 Å². The van der Waals surface area contributed by atoms with Gasteiger partial charge in [0, 0.05) is 24.9 Å². The van der Waals surface area contributed by atoms with Crippen LogP contribution in [0.1, 0.15) is 18.4 Å². The first-order valence-corrected chi connectivity index (χ1v) is 5.96. The van der Waals surface area contributed by atoms with Crippen molar-refractivity contribution in [1.82, 2.24) is 5.32 Å². The Morgan fingerprint density at radius 1 is 1.44 bits per heavy atom. The number of hydrogen-bond acceptors (Lipinski definition) is 2. The molecule has 1 fully saturated rings. The van der Waals surface area contributed by atoms with Crippen LogP contribution in [0.3, 0.4) is 0 Å². The molecule has 0 spiro atoms. The summed E-state index contributed by atoms with van der Waals surface area (Å²) in [5.41, 5.74) is 0.240. The van der Waals surface area contributed by atoms with E-state index in [2.05, 4.69) is 5.32 Å². The molecule has 0 aliphatic heterocycles. The van der Waals surface area contributed by atoms with E-state index in [1.54, 1.807) is 0 Å². The minimum atomic E-state index is -0.868. The molecule has 1 aliphatic rings. The van der Waals surface area contributed by atoms with E-state index >= 15 is 0 Å². The zero-order valence-electron chi connectivity index (χ0n) is 9.83. The molecule has 98 valence electrons. The highest BCUT2D eigenvalue weighted by Crippen LogP contribution is 2.28. The van der Waals surface area contributed by atoms with Gasteiger partial charge in [0.05, 0.1) is 6.10 Å². The van der Waals surface area contributed by atoms with Crippen molar-refractivity contribution in [2.45, 2.75) is 25.4 Å². The maximum absolute atomic E-state index is 13.3. The molecule has 0 radical (unpaired) electrons. The predicted molar refractivity (Wildman–Crippen MR) is 61.8 cm³/mol. The van der Waals surface area contributed by atoms with Gasteiger partial charge in [-0.3, -0.25) is 4.79 Å². The topological polar surface area (TPSA) is 49.3 Å². The molecule has 0 saturated heterocycles. The fourth-order valence-corrected chi connectivity index (χ4v) is 1.72. The summed E-state index contributed by atoms with van der Waals surface area (Å²) in [6.07, 6.45) is 0.979. The maximum atomic E-state index is 13.3. The van der Waals surface area contributed by atoms with E-state index in [1.807, 2.05) is 0 Å². The molecule has 2 N–H and O–H groups in total. The molecule has 0 bridgehead atoms. The van der Waals surface area contributed by atoms with Crippen LogP contribution in [0, 0.1) is 17.6 Å². The summed E-state index contributed by atoms with van der Waals surface area (Å²) >= 11 is 0. The van der Waals surface area contributed by atoms with Crippen molar-refractivity contribution in [2.24, 2.45) is 5.92 Å². The van der Waals surface area contributed by atoms with Gasteiger partial charge in [-0.15, -0.1) is 0 Å². The van der Waals surface area contributed by atoms with Crippen LogP contribution in [0.4, 0.5) is 8.78 Å². The highest BCUT2D eigenvalue weighted by atomic mass is 19.1. The van der Waals surface area contributed by atoms with Crippen LogP contribution in [-0.2, 0) is 11.2 Å². The summed E-state index contributed by atoms with van der Waals surface area (Å²) in [7, 11) is 0. The molecule has 3 nitrogen and oxygen atoms in total. The fourth-order valence-electron chi connectivity index (χ4n) is 1.72. The Morgan fingerprint density at radius 2 is 2.17 bits per heavy atom. The lowest BCUT2D eigenvalue weighted by Crippen LogP contribution is -2.34. The van der Waals surface area contributed by atoms with Crippen LogP contribution in [0.5, 0.6) is 0 Å². The summed E-state index contributed by atoms with van der Waals surface area (Å²) < 4.78 is 26.0. The first kappa shape index (κ1) is 13.0. The minimum Gasteiger partial charge on any atom is -0.391 e. The van der Waals surface area contributed by atoms with Crippen molar-refractivity contribution in [3.8, 4) is 0 Å². The number of halogens is 2. The third kappa shape index (κ3) is 3.50. The standard InChI is InChI=1S/C13H15F2NO2/c14-10-4-3-9(12(15)6-10)5-11(17)7-16-13(18)8-1-2-8/h3-4,6,8,11,17H,1-2,5,7H2,(H,16,18). The van der Waals surface area contributed by atoms with Gasteiger partial charge in [0.2, 0.25) is 5.91 Å². The Kier molecular flexibility index (Phi) is 3.91. The summed E-state index contributed by atoms with van der Waals surface area (Å²) in [6.45, 7) is 0.0894. The largest absolute Gasteiger partial charge is 0.391 e. The van der Waals surface area contributed by atoms with Crippen LogP contribution < -0.4 is 5.32 Å². The van der Waals surface area contributed by atoms with Crippen LogP contribution in [0.15, 0.2) is 18.2 Å². The smallest absolute Gasteiger partial charge is 0.223 e. The molecule has 2 rings (SSSR count). The van der Waals surface area contributed by atoms with Gasteiger partial charge in [0.1, 0.15) is 11.6 Å². The number of amides is 1. The van der Waals surface area contributed by atoms with E-state index < -0.39 is 17.7 Å². The lowest BCUT2D eigenvalue weighted by Gasteiger charge is -2.12. The lowest BCUT2D eigenvalue weighted by molar-refractivity contribution is -0.122. The molecule has 0 aromatic heterocycles. The molecular formula is C13H15F2NO2. The first-order valence-electron chi connectivity index (χ1n) is 5.96. The molecule has 1 aromatic carbocycles. The monoisotopic (exact) mass is 255 g/mol. The van der Waals surface area contributed by atoms with E-state index in [9.17, 15) is 18.7 Å². The van der Waals surface area contributed by atoms with Gasteiger partial charge in [-0.2, -0.15) is 0 Å². The Hall–Kier alpha value is -1.49. The van der Waals surface area contributed by atoms with Crippen molar-refractivity contribution in [1.29, 1.82) is 0 Å². The Bertz CT molecular complexity index is 447. The van der Waals surface area contributed by atoms with Crippen molar-refractivity contribution in [3.05, 3.63) is 35.4 Å². The number of carbonyl (C=O) groups is 1. The number of hydrogen-bond donors (Lipinski definition) is 2. The predicted octanol–water partition coefficient (Wildman–Crippen LogP) is 1.39. The van der Waals surface area contributed by atoms with Gasteiger partial charge in [-0.05, 0) is 24.5 Å². The third-order valence-corrected chi connectivity index (χ3v) is 2.93. The summed E-state index contributed by atoms with van der Waals surface area (Å²) in [5, 5.41) is 12.3. The van der Waals surface area contributed by atoms with E-state index in [4.69, 9.17) is 0 Å². The highest BCUT2D eigenvalue weighted by molar-refractivity contribution is 5.80. The van der Waals surface area contributed by atoms with Crippen LogP contribution in [0.25, 0.3) is 0 Å². The second-order valence-electron chi connectivity index (χ2n) is 4.61. The van der Waals surface area contributed by atoms with Crippen molar-refractivity contribution >= 4 is 5.91 Å². The van der Waals surface area contributed by atoms with Gasteiger partial charge < -0.3 is 10.4 Å². The quantitative estimate of drug-likeness (QED) is 0.835. The summed E-state index contributed by atoms with van der Waals surface area (Å²) in [6, 6.07) is 3.23.